The molecule has 1 aromatic carbocycles. The van der Waals surface area contributed by atoms with E-state index in [-0.39, 0.29) is 23.7 Å². The van der Waals surface area contributed by atoms with Crippen LogP contribution in [0.1, 0.15) is 45.4 Å². The third-order valence-corrected chi connectivity index (χ3v) is 6.20. The van der Waals surface area contributed by atoms with Crippen molar-refractivity contribution in [2.24, 2.45) is 17.8 Å². The number of rotatable bonds is 4. The lowest BCUT2D eigenvalue weighted by Crippen LogP contribution is -2.42. The first kappa shape index (κ1) is 20.0. The zero-order chi connectivity index (χ0) is 19.4. The molecule has 148 valence electrons. The minimum absolute atomic E-state index is 0.0201. The van der Waals surface area contributed by atoms with E-state index >= 15 is 0 Å². The highest BCUT2D eigenvalue weighted by atomic mass is 35.5. The van der Waals surface area contributed by atoms with E-state index in [0.717, 1.165) is 57.5 Å². The summed E-state index contributed by atoms with van der Waals surface area (Å²) in [5, 5.41) is 3.49. The first-order valence-corrected chi connectivity index (χ1v) is 10.3. The molecule has 0 aromatic heterocycles. The average molecular weight is 393 g/mol. The van der Waals surface area contributed by atoms with Gasteiger partial charge in [-0.3, -0.25) is 9.59 Å². The Balaban J connectivity index is 1.52. The summed E-state index contributed by atoms with van der Waals surface area (Å²) < 4.78 is 5.29. The molecule has 27 heavy (non-hydrogen) atoms. The third-order valence-electron chi connectivity index (χ3n) is 5.96. The van der Waals surface area contributed by atoms with E-state index < -0.39 is 0 Å². The molecule has 0 radical (unpaired) electrons. The molecule has 5 nitrogen and oxygen atoms in total. The molecule has 1 saturated heterocycles. The second kappa shape index (κ2) is 8.96. The number of amides is 2. The number of anilines is 1. The first-order chi connectivity index (χ1) is 13.0. The zero-order valence-corrected chi connectivity index (χ0v) is 16.9. The maximum absolute atomic E-state index is 12.7. The summed E-state index contributed by atoms with van der Waals surface area (Å²) in [5.74, 6) is 1.58. The zero-order valence-electron chi connectivity index (χ0n) is 16.2. The molecule has 2 fully saturated rings. The first-order valence-electron chi connectivity index (χ1n) is 9.91. The van der Waals surface area contributed by atoms with Gasteiger partial charge >= 0.3 is 0 Å². The van der Waals surface area contributed by atoms with Gasteiger partial charge in [-0.2, -0.15) is 0 Å². The molecule has 1 aliphatic heterocycles. The number of methoxy groups -OCH3 is 1. The molecule has 1 N–H and O–H groups in total. The molecule has 1 heterocycles. The van der Waals surface area contributed by atoms with Crippen LogP contribution in [0.15, 0.2) is 18.2 Å². The Morgan fingerprint density at radius 1 is 1.07 bits per heavy atom. The third kappa shape index (κ3) is 4.95. The summed E-state index contributed by atoms with van der Waals surface area (Å²) in [4.78, 5) is 27.4. The van der Waals surface area contributed by atoms with Crippen molar-refractivity contribution in [3.8, 4) is 5.75 Å². The number of ether oxygens (including phenoxy) is 1. The Kier molecular flexibility index (Phi) is 6.64. The Labute approximate surface area is 166 Å². The van der Waals surface area contributed by atoms with Gasteiger partial charge in [-0.05, 0) is 62.6 Å². The molecule has 0 unspecified atom stereocenters. The number of hydrogen-bond acceptors (Lipinski definition) is 3. The van der Waals surface area contributed by atoms with Crippen molar-refractivity contribution in [3.63, 3.8) is 0 Å². The van der Waals surface area contributed by atoms with Gasteiger partial charge in [0.05, 0.1) is 12.8 Å². The quantitative estimate of drug-likeness (QED) is 0.828. The van der Waals surface area contributed by atoms with Crippen molar-refractivity contribution in [1.29, 1.82) is 0 Å². The molecule has 6 heteroatoms. The van der Waals surface area contributed by atoms with Crippen molar-refractivity contribution in [1.82, 2.24) is 4.90 Å². The fraction of sp³-hybridized carbons (Fsp3) is 0.619. The number of nitrogens with zero attached hydrogens (tertiary/aromatic N) is 1. The van der Waals surface area contributed by atoms with Crippen molar-refractivity contribution in [3.05, 3.63) is 23.2 Å². The summed E-state index contributed by atoms with van der Waals surface area (Å²) in [6.07, 6.45) is 5.27. The van der Waals surface area contributed by atoms with E-state index in [2.05, 4.69) is 12.2 Å². The highest BCUT2D eigenvalue weighted by Crippen LogP contribution is 2.33. The van der Waals surface area contributed by atoms with Crippen LogP contribution in [0.25, 0.3) is 0 Å². The Bertz CT molecular complexity index is 678. The van der Waals surface area contributed by atoms with Crippen LogP contribution in [0.5, 0.6) is 5.75 Å². The SMILES string of the molecule is COc1ccc(Cl)cc1NC(=O)C1CCC(C(=O)N2CCC(C)CC2)CC1. The maximum Gasteiger partial charge on any atom is 0.227 e. The van der Waals surface area contributed by atoms with Crippen molar-refractivity contribution in [2.45, 2.75) is 45.4 Å². The number of halogens is 1. The van der Waals surface area contributed by atoms with Gasteiger partial charge in [-0.25, -0.2) is 0 Å². The Morgan fingerprint density at radius 2 is 1.70 bits per heavy atom. The van der Waals surface area contributed by atoms with E-state index in [1.807, 2.05) is 4.90 Å². The summed E-state index contributed by atoms with van der Waals surface area (Å²) in [5.41, 5.74) is 0.593. The predicted molar refractivity (Wildman–Crippen MR) is 107 cm³/mol. The largest absolute Gasteiger partial charge is 0.495 e. The number of benzene rings is 1. The lowest BCUT2D eigenvalue weighted by Gasteiger charge is -2.35. The van der Waals surface area contributed by atoms with Gasteiger partial charge in [0.2, 0.25) is 11.8 Å². The van der Waals surface area contributed by atoms with Crippen LogP contribution in [0.3, 0.4) is 0 Å². The molecule has 3 rings (SSSR count). The fourth-order valence-electron chi connectivity index (χ4n) is 4.10. The normalized spacial score (nSPS) is 23.7. The summed E-state index contributed by atoms with van der Waals surface area (Å²) in [7, 11) is 1.57. The number of nitrogens with one attached hydrogen (secondary N) is 1. The maximum atomic E-state index is 12.7. The molecule has 0 spiro atoms. The van der Waals surface area contributed by atoms with Crippen LogP contribution in [-0.2, 0) is 9.59 Å². The molecule has 1 aromatic rings. The number of likely N-dealkylation sites (tertiary alicyclic amines) is 1. The van der Waals surface area contributed by atoms with Crippen LogP contribution in [0.2, 0.25) is 5.02 Å². The van der Waals surface area contributed by atoms with Crippen molar-refractivity contribution < 1.29 is 14.3 Å². The minimum Gasteiger partial charge on any atom is -0.495 e. The second-order valence-corrected chi connectivity index (χ2v) is 8.33. The Hall–Kier alpha value is -1.75. The molecule has 2 amide bonds. The van der Waals surface area contributed by atoms with Gasteiger partial charge in [0.15, 0.2) is 0 Å². The standard InChI is InChI=1S/C21H29ClN2O3/c1-14-9-11-24(12-10-14)21(26)16-5-3-15(4-6-16)20(25)23-18-13-17(22)7-8-19(18)27-2/h7-8,13-16H,3-6,9-12H2,1-2H3,(H,23,25). The minimum atomic E-state index is -0.0703. The highest BCUT2D eigenvalue weighted by Gasteiger charge is 2.33. The summed E-state index contributed by atoms with van der Waals surface area (Å²) in [6, 6.07) is 5.17. The van der Waals surface area contributed by atoms with Gasteiger partial charge in [0.1, 0.15) is 5.75 Å². The number of carbonyl (C=O) groups is 2. The second-order valence-electron chi connectivity index (χ2n) is 7.89. The summed E-state index contributed by atoms with van der Waals surface area (Å²) >= 11 is 6.03. The lowest BCUT2D eigenvalue weighted by atomic mass is 9.80. The van der Waals surface area contributed by atoms with Crippen LogP contribution >= 0.6 is 11.6 Å². The molecule has 2 aliphatic rings. The lowest BCUT2D eigenvalue weighted by molar-refractivity contribution is -0.139. The molecular formula is C21H29ClN2O3. The predicted octanol–water partition coefficient (Wildman–Crippen LogP) is 4.35. The van der Waals surface area contributed by atoms with Crippen LogP contribution < -0.4 is 10.1 Å². The van der Waals surface area contributed by atoms with Crippen LogP contribution in [0.4, 0.5) is 5.69 Å². The number of piperidine rings is 1. The van der Waals surface area contributed by atoms with E-state index in [1.165, 1.54) is 0 Å². The smallest absolute Gasteiger partial charge is 0.227 e. The molecule has 0 atom stereocenters. The number of carbonyl (C=O) groups excluding carboxylic acids is 2. The van der Waals surface area contributed by atoms with Gasteiger partial charge in [0, 0.05) is 29.9 Å². The molecule has 0 bridgehead atoms. The fourth-order valence-corrected chi connectivity index (χ4v) is 4.27. The van der Waals surface area contributed by atoms with Crippen LogP contribution in [-0.4, -0.2) is 36.9 Å². The van der Waals surface area contributed by atoms with Gasteiger partial charge in [-0.1, -0.05) is 18.5 Å². The van der Waals surface area contributed by atoms with E-state index in [1.54, 1.807) is 25.3 Å². The van der Waals surface area contributed by atoms with E-state index in [9.17, 15) is 9.59 Å². The highest BCUT2D eigenvalue weighted by molar-refractivity contribution is 6.31. The monoisotopic (exact) mass is 392 g/mol. The van der Waals surface area contributed by atoms with Crippen molar-refractivity contribution >= 4 is 29.1 Å². The molecule has 1 aliphatic carbocycles. The summed E-state index contributed by atoms with van der Waals surface area (Å²) in [6.45, 7) is 4.02. The van der Waals surface area contributed by atoms with Gasteiger partial charge < -0.3 is 15.0 Å². The van der Waals surface area contributed by atoms with E-state index in [4.69, 9.17) is 16.3 Å². The molecule has 1 saturated carbocycles. The van der Waals surface area contributed by atoms with Gasteiger partial charge in [-0.15, -0.1) is 0 Å². The Morgan fingerprint density at radius 3 is 2.33 bits per heavy atom. The molecular weight excluding hydrogens is 364 g/mol. The number of hydrogen-bond donors (Lipinski definition) is 1. The van der Waals surface area contributed by atoms with Gasteiger partial charge in [0.25, 0.3) is 0 Å². The topological polar surface area (TPSA) is 58.6 Å². The van der Waals surface area contributed by atoms with Crippen LogP contribution in [0, 0.1) is 17.8 Å². The average Bonchev–Trinajstić information content (AvgIpc) is 2.68. The van der Waals surface area contributed by atoms with E-state index in [0.29, 0.717) is 16.5 Å². The van der Waals surface area contributed by atoms with Crippen molar-refractivity contribution in [2.75, 3.05) is 25.5 Å².